The van der Waals surface area contributed by atoms with E-state index in [4.69, 9.17) is 18.9 Å². The number of imidazole rings is 2. The van der Waals surface area contributed by atoms with Crippen molar-refractivity contribution in [2.24, 2.45) is 0 Å². The molecule has 4 aromatic heterocycles. The first-order chi connectivity index (χ1) is 35.2. The second-order valence-electron chi connectivity index (χ2n) is 17.9. The molecule has 4 N–H and O–H groups in total. The van der Waals surface area contributed by atoms with E-state index in [1.54, 1.807) is 126 Å². The number of methoxy groups -OCH3 is 2. The van der Waals surface area contributed by atoms with Gasteiger partial charge in [0.25, 0.3) is 5.91 Å². The second-order valence-corrected chi connectivity index (χ2v) is 17.9. The van der Waals surface area contributed by atoms with Crippen LogP contribution in [0.2, 0.25) is 0 Å². The summed E-state index contributed by atoms with van der Waals surface area (Å²) in [5.74, 6) is 1.80. The number of carbonyl (C=O) groups is 2. The molecule has 4 aromatic carbocycles. The van der Waals surface area contributed by atoms with Gasteiger partial charge in [0.2, 0.25) is 0 Å². The SMILES string of the molecule is COc1cccc(Oc2cc(NCCC(F)(F)F)c3ncc(-c4ccc(C(=O)NC5(C)CC5)c(C)c4)n3c2)c1.COc1cccc(Oc2cc(NCCC(F)(F)F)c3ncc(-c4ccc(C(=O)O)c(C)c4)n3c2)c1. The highest BCUT2D eigenvalue weighted by atomic mass is 19.4. The number of alkyl halides is 6. The average Bonchev–Trinajstić information content (AvgIpc) is 3.68. The molecule has 0 saturated heterocycles. The van der Waals surface area contributed by atoms with Crippen molar-refractivity contribution in [3.63, 3.8) is 0 Å². The number of aryl methyl sites for hydroxylation is 2. The lowest BCUT2D eigenvalue weighted by atomic mass is 10.0. The maximum Gasteiger partial charge on any atom is 0.390 e. The van der Waals surface area contributed by atoms with Gasteiger partial charge in [0, 0.05) is 59.6 Å². The van der Waals surface area contributed by atoms with E-state index in [0.29, 0.717) is 85.2 Å². The fourth-order valence-corrected chi connectivity index (χ4v) is 8.00. The van der Waals surface area contributed by atoms with Crippen LogP contribution in [0.25, 0.3) is 33.8 Å². The van der Waals surface area contributed by atoms with E-state index < -0.39 is 31.2 Å². The molecule has 74 heavy (non-hydrogen) atoms. The molecule has 8 aromatic rings. The monoisotopic (exact) mass is 1020 g/mol. The summed E-state index contributed by atoms with van der Waals surface area (Å²) in [5, 5.41) is 18.1. The third kappa shape index (κ3) is 12.8. The van der Waals surface area contributed by atoms with Crippen LogP contribution < -0.4 is 34.9 Å². The summed E-state index contributed by atoms with van der Waals surface area (Å²) in [6, 6.07) is 27.6. The Balaban J connectivity index is 0.000000198. The van der Waals surface area contributed by atoms with Crippen molar-refractivity contribution >= 4 is 34.5 Å². The fourth-order valence-electron chi connectivity index (χ4n) is 8.00. The van der Waals surface area contributed by atoms with Crippen molar-refractivity contribution in [3.8, 4) is 57.0 Å². The molecule has 0 spiro atoms. The molecule has 0 radical (unpaired) electrons. The van der Waals surface area contributed by atoms with Gasteiger partial charge in [-0.05, 0) is 93.3 Å². The third-order valence-electron chi connectivity index (χ3n) is 12.1. The Kier molecular flexibility index (Phi) is 15.0. The zero-order valence-electron chi connectivity index (χ0n) is 40.7. The van der Waals surface area contributed by atoms with Crippen LogP contribution in [0.3, 0.4) is 0 Å². The van der Waals surface area contributed by atoms with Gasteiger partial charge in [0.15, 0.2) is 11.3 Å². The number of amides is 1. The summed E-state index contributed by atoms with van der Waals surface area (Å²) in [6.45, 7) is 4.94. The van der Waals surface area contributed by atoms with E-state index in [9.17, 15) is 41.0 Å². The molecule has 1 saturated carbocycles. The zero-order chi connectivity index (χ0) is 53.0. The highest BCUT2D eigenvalue weighted by molar-refractivity contribution is 5.97. The normalized spacial score (nSPS) is 12.9. The maximum atomic E-state index is 12.8. The first kappa shape index (κ1) is 51.9. The number of rotatable bonds is 17. The van der Waals surface area contributed by atoms with Gasteiger partial charge >= 0.3 is 18.3 Å². The molecule has 386 valence electrons. The Morgan fingerprint density at radius 1 is 0.622 bits per heavy atom. The Morgan fingerprint density at radius 2 is 1.05 bits per heavy atom. The summed E-state index contributed by atoms with van der Waals surface area (Å²) in [5.41, 5.74) is 6.44. The van der Waals surface area contributed by atoms with E-state index in [0.717, 1.165) is 24.0 Å². The number of ether oxygens (including phenoxy) is 4. The van der Waals surface area contributed by atoms with Gasteiger partial charge in [-0.2, -0.15) is 26.3 Å². The fraction of sp³-hybridized carbons (Fsp3) is 0.259. The standard InChI is InChI=1S/C29H29F3N4O3.C25H22F3N3O4/c1-18-13-19(7-8-23(18)27(37)35-28(2)9-10-28)25-16-34-26-24(33-12-11-29(30,31)32)15-22(17-36(25)26)39-21-6-4-5-20(14-21)38-3;1-15-10-16(6-7-20(15)24(32)33)22-13-30-23-21(29-9-8-25(26,27)28)12-19(14-31(22)23)35-18-5-3-4-17(11-18)34-2/h4-8,13-17,33H,9-12H2,1-3H3,(H,35,37);3-7,10-14,29H,8-9H2,1-2H3,(H,32,33). The largest absolute Gasteiger partial charge is 0.497 e. The molecule has 9 rings (SSSR count). The van der Waals surface area contributed by atoms with E-state index in [1.165, 1.54) is 13.2 Å². The van der Waals surface area contributed by atoms with Crippen LogP contribution in [-0.4, -0.2) is 81.0 Å². The molecule has 1 aliphatic rings. The highest BCUT2D eigenvalue weighted by Gasteiger charge is 2.39. The topological polar surface area (TPSA) is 162 Å². The molecular weight excluding hydrogens is 973 g/mol. The minimum Gasteiger partial charge on any atom is -0.497 e. The van der Waals surface area contributed by atoms with Gasteiger partial charge in [0.05, 0.1) is 80.2 Å². The van der Waals surface area contributed by atoms with E-state index >= 15 is 0 Å². The minimum absolute atomic E-state index is 0.109. The smallest absolute Gasteiger partial charge is 0.390 e. The molecule has 14 nitrogen and oxygen atoms in total. The second kappa shape index (κ2) is 21.3. The predicted molar refractivity (Wildman–Crippen MR) is 267 cm³/mol. The van der Waals surface area contributed by atoms with Crippen LogP contribution in [0.1, 0.15) is 64.4 Å². The van der Waals surface area contributed by atoms with Gasteiger partial charge in [-0.25, -0.2) is 14.8 Å². The van der Waals surface area contributed by atoms with Gasteiger partial charge in [0.1, 0.15) is 34.5 Å². The van der Waals surface area contributed by atoms with Crippen molar-refractivity contribution < 1.29 is 60.0 Å². The predicted octanol–water partition coefficient (Wildman–Crippen LogP) is 12.9. The number of carbonyl (C=O) groups excluding carboxylic acids is 1. The number of anilines is 2. The Morgan fingerprint density at radius 3 is 1.45 bits per heavy atom. The molecule has 4 heterocycles. The van der Waals surface area contributed by atoms with Crippen LogP contribution in [-0.2, 0) is 0 Å². The molecule has 1 amide bonds. The van der Waals surface area contributed by atoms with Gasteiger partial charge < -0.3 is 40.0 Å². The molecule has 20 heteroatoms. The maximum absolute atomic E-state index is 12.8. The molecule has 0 bridgehead atoms. The summed E-state index contributed by atoms with van der Waals surface area (Å²) < 4.78 is 103. The van der Waals surface area contributed by atoms with Crippen LogP contribution in [0.15, 0.2) is 122 Å². The average molecular weight is 1020 g/mol. The highest BCUT2D eigenvalue weighted by Crippen LogP contribution is 2.37. The Labute approximate surface area is 420 Å². The lowest BCUT2D eigenvalue weighted by molar-refractivity contribution is -0.132. The van der Waals surface area contributed by atoms with Crippen LogP contribution >= 0.6 is 0 Å². The van der Waals surface area contributed by atoms with Gasteiger partial charge in [-0.1, -0.05) is 24.3 Å². The number of benzene rings is 4. The first-order valence-electron chi connectivity index (χ1n) is 23.2. The van der Waals surface area contributed by atoms with Crippen molar-refractivity contribution in [2.45, 2.75) is 64.3 Å². The van der Waals surface area contributed by atoms with Gasteiger partial charge in [-0.15, -0.1) is 0 Å². The number of aromatic nitrogens is 4. The van der Waals surface area contributed by atoms with Crippen molar-refractivity contribution in [3.05, 3.63) is 144 Å². The van der Waals surface area contributed by atoms with E-state index in [1.807, 2.05) is 26.0 Å². The Hall–Kier alpha value is -8.42. The first-order valence-corrected chi connectivity index (χ1v) is 23.2. The summed E-state index contributed by atoms with van der Waals surface area (Å²) in [4.78, 5) is 33.0. The molecule has 1 fully saturated rings. The van der Waals surface area contributed by atoms with E-state index in [2.05, 4.69) is 25.9 Å². The molecule has 1 aliphatic carbocycles. The number of hydrogen-bond donors (Lipinski definition) is 4. The number of fused-ring (bicyclic) bond motifs is 2. The van der Waals surface area contributed by atoms with Crippen LogP contribution in [0.5, 0.6) is 34.5 Å². The van der Waals surface area contributed by atoms with Gasteiger partial charge in [-0.3, -0.25) is 13.6 Å². The number of hydrogen-bond acceptors (Lipinski definition) is 10. The summed E-state index contributed by atoms with van der Waals surface area (Å²) in [6.07, 6.45) is -2.02. The van der Waals surface area contributed by atoms with Crippen molar-refractivity contribution in [1.82, 2.24) is 24.1 Å². The number of aromatic carboxylic acids is 1. The molecular formula is C54H51F6N7O7. The van der Waals surface area contributed by atoms with Crippen molar-refractivity contribution in [1.29, 1.82) is 0 Å². The summed E-state index contributed by atoms with van der Waals surface area (Å²) in [7, 11) is 3.08. The minimum atomic E-state index is -4.30. The van der Waals surface area contributed by atoms with Crippen molar-refractivity contribution in [2.75, 3.05) is 37.9 Å². The van der Waals surface area contributed by atoms with E-state index in [-0.39, 0.29) is 30.1 Å². The number of carboxylic acids is 1. The number of nitrogens with zero attached hydrogens (tertiary/aromatic N) is 4. The number of carboxylic acid groups (broad SMARTS) is 1. The number of pyridine rings is 2. The summed E-state index contributed by atoms with van der Waals surface area (Å²) >= 11 is 0. The quantitative estimate of drug-likeness (QED) is 0.0642. The Bertz CT molecular complexity index is 3350. The number of nitrogens with one attached hydrogen (secondary N) is 3. The lowest BCUT2D eigenvalue weighted by Gasteiger charge is -2.15. The molecule has 0 aliphatic heterocycles. The van der Waals surface area contributed by atoms with Crippen LogP contribution in [0.4, 0.5) is 37.7 Å². The third-order valence-corrected chi connectivity index (χ3v) is 12.1. The zero-order valence-corrected chi connectivity index (χ0v) is 40.7. The van der Waals surface area contributed by atoms with Crippen LogP contribution in [0, 0.1) is 13.8 Å². The number of halogens is 6. The molecule has 0 atom stereocenters. The molecule has 0 unspecified atom stereocenters. The lowest BCUT2D eigenvalue weighted by Crippen LogP contribution is -2.34.